The fourth-order valence-corrected chi connectivity index (χ4v) is 3.13. The van der Waals surface area contributed by atoms with Crippen LogP contribution in [0.1, 0.15) is 52.0 Å². The molecule has 0 aliphatic carbocycles. The van der Waals surface area contributed by atoms with Gasteiger partial charge in [0.25, 0.3) is 5.91 Å². The van der Waals surface area contributed by atoms with Crippen molar-refractivity contribution < 1.29 is 23.6 Å². The Hall–Kier alpha value is -2.97. The van der Waals surface area contributed by atoms with E-state index in [9.17, 15) is 23.6 Å². The van der Waals surface area contributed by atoms with Crippen molar-refractivity contribution in [1.29, 1.82) is 0 Å². The average molecular weight is 406 g/mol. The van der Waals surface area contributed by atoms with E-state index in [0.717, 1.165) is 11.3 Å². The lowest BCUT2D eigenvalue weighted by molar-refractivity contribution is -0.135. The van der Waals surface area contributed by atoms with Crippen LogP contribution in [0.2, 0.25) is 0 Å². The number of nitrogens with zero attached hydrogens (tertiary/aromatic N) is 1. The topological polar surface area (TPSA) is 108 Å². The summed E-state index contributed by atoms with van der Waals surface area (Å²) in [5, 5.41) is 7.36. The predicted molar refractivity (Wildman–Crippen MR) is 104 cm³/mol. The van der Waals surface area contributed by atoms with E-state index in [1.807, 2.05) is 13.8 Å². The molecule has 0 aromatic heterocycles. The maximum atomic E-state index is 13.3. The molecule has 29 heavy (non-hydrogen) atoms. The third kappa shape index (κ3) is 5.10. The Balaban J connectivity index is 2.17. The number of rotatable bonds is 8. The van der Waals surface area contributed by atoms with Crippen molar-refractivity contribution in [2.45, 2.75) is 58.0 Å². The first-order valence-electron chi connectivity index (χ1n) is 9.74. The van der Waals surface area contributed by atoms with E-state index in [0.29, 0.717) is 24.8 Å². The van der Waals surface area contributed by atoms with E-state index in [1.165, 1.54) is 24.3 Å². The van der Waals surface area contributed by atoms with Crippen molar-refractivity contribution in [1.82, 2.24) is 20.9 Å². The maximum Gasteiger partial charge on any atom is 0.325 e. The van der Waals surface area contributed by atoms with Crippen LogP contribution in [0.5, 0.6) is 0 Å². The van der Waals surface area contributed by atoms with Crippen LogP contribution in [0, 0.1) is 5.82 Å². The molecule has 1 heterocycles. The SMILES string of the molecule is CCCC[C@@]1(c2ccc(F)cc2)NC(=O)N(CC(=O)NC(=O)N[C@@H](C)CC)C1=O. The zero-order valence-corrected chi connectivity index (χ0v) is 16.9. The predicted octanol–water partition coefficient (Wildman–Crippen LogP) is 2.39. The van der Waals surface area contributed by atoms with Gasteiger partial charge in [-0.3, -0.25) is 19.8 Å². The first kappa shape index (κ1) is 22.3. The number of nitrogens with one attached hydrogen (secondary N) is 3. The number of carbonyl (C=O) groups is 4. The maximum absolute atomic E-state index is 13.3. The number of urea groups is 2. The molecule has 0 unspecified atom stereocenters. The molecule has 158 valence electrons. The van der Waals surface area contributed by atoms with Gasteiger partial charge in [-0.25, -0.2) is 14.0 Å². The molecule has 9 heteroatoms. The third-order valence-corrected chi connectivity index (χ3v) is 4.96. The van der Waals surface area contributed by atoms with Gasteiger partial charge in [-0.2, -0.15) is 0 Å². The average Bonchev–Trinajstić information content (AvgIpc) is 2.91. The molecular formula is C20H27FN4O4. The highest BCUT2D eigenvalue weighted by Gasteiger charge is 2.52. The molecule has 6 amide bonds. The van der Waals surface area contributed by atoms with Gasteiger partial charge in [-0.1, -0.05) is 38.8 Å². The number of hydrogen-bond acceptors (Lipinski definition) is 4. The minimum atomic E-state index is -1.36. The summed E-state index contributed by atoms with van der Waals surface area (Å²) in [6, 6.07) is 3.80. The molecule has 1 aliphatic rings. The molecule has 1 aromatic carbocycles. The van der Waals surface area contributed by atoms with Crippen molar-refractivity contribution in [3.8, 4) is 0 Å². The third-order valence-electron chi connectivity index (χ3n) is 4.96. The van der Waals surface area contributed by atoms with E-state index >= 15 is 0 Å². The van der Waals surface area contributed by atoms with Crippen LogP contribution in [-0.2, 0) is 15.1 Å². The lowest BCUT2D eigenvalue weighted by atomic mass is 9.85. The van der Waals surface area contributed by atoms with Crippen LogP contribution in [0.15, 0.2) is 24.3 Å². The first-order valence-corrected chi connectivity index (χ1v) is 9.74. The zero-order valence-electron chi connectivity index (χ0n) is 16.9. The van der Waals surface area contributed by atoms with Crippen LogP contribution >= 0.6 is 0 Å². The number of imide groups is 2. The second-order valence-electron chi connectivity index (χ2n) is 7.17. The second kappa shape index (κ2) is 9.49. The first-order chi connectivity index (χ1) is 13.7. The summed E-state index contributed by atoms with van der Waals surface area (Å²) in [6.07, 6.45) is 2.42. The molecule has 0 saturated carbocycles. The molecule has 1 aromatic rings. The normalized spacial score (nSPS) is 19.7. The number of hydrogen-bond donors (Lipinski definition) is 3. The molecular weight excluding hydrogens is 379 g/mol. The number of carbonyl (C=O) groups excluding carboxylic acids is 4. The Morgan fingerprint density at radius 1 is 1.21 bits per heavy atom. The van der Waals surface area contributed by atoms with Gasteiger partial charge >= 0.3 is 12.1 Å². The van der Waals surface area contributed by atoms with Crippen molar-refractivity contribution in [3.05, 3.63) is 35.6 Å². The van der Waals surface area contributed by atoms with Gasteiger partial charge in [0, 0.05) is 6.04 Å². The van der Waals surface area contributed by atoms with E-state index in [1.54, 1.807) is 6.92 Å². The minimum Gasteiger partial charge on any atom is -0.335 e. The number of amides is 6. The van der Waals surface area contributed by atoms with Gasteiger partial charge in [-0.05, 0) is 37.5 Å². The lowest BCUT2D eigenvalue weighted by Crippen LogP contribution is -2.48. The van der Waals surface area contributed by atoms with E-state index < -0.39 is 41.8 Å². The van der Waals surface area contributed by atoms with Gasteiger partial charge in [0.05, 0.1) is 0 Å². The summed E-state index contributed by atoms with van der Waals surface area (Å²) in [4.78, 5) is 50.4. The zero-order chi connectivity index (χ0) is 21.6. The fraction of sp³-hybridized carbons (Fsp3) is 0.500. The summed E-state index contributed by atoms with van der Waals surface area (Å²) < 4.78 is 13.3. The van der Waals surface area contributed by atoms with Crippen molar-refractivity contribution in [2.75, 3.05) is 6.54 Å². The molecule has 1 aliphatic heterocycles. The molecule has 0 radical (unpaired) electrons. The van der Waals surface area contributed by atoms with Gasteiger partial charge in [0.2, 0.25) is 5.91 Å². The van der Waals surface area contributed by atoms with Crippen LogP contribution < -0.4 is 16.0 Å². The van der Waals surface area contributed by atoms with Gasteiger partial charge < -0.3 is 10.6 Å². The monoisotopic (exact) mass is 406 g/mol. The van der Waals surface area contributed by atoms with Crippen LogP contribution in [-0.4, -0.2) is 41.4 Å². The van der Waals surface area contributed by atoms with Crippen molar-refractivity contribution in [3.63, 3.8) is 0 Å². The molecule has 0 bridgehead atoms. The Labute approximate surface area is 169 Å². The van der Waals surface area contributed by atoms with Gasteiger partial charge in [0.15, 0.2) is 0 Å². The summed E-state index contributed by atoms with van der Waals surface area (Å²) in [5.74, 6) is -1.83. The Bertz CT molecular complexity index is 783. The summed E-state index contributed by atoms with van der Waals surface area (Å²) in [7, 11) is 0. The summed E-state index contributed by atoms with van der Waals surface area (Å²) in [5.41, 5.74) is -0.914. The van der Waals surface area contributed by atoms with Crippen LogP contribution in [0.4, 0.5) is 14.0 Å². The molecule has 0 spiro atoms. The molecule has 2 rings (SSSR count). The highest BCUT2D eigenvalue weighted by atomic mass is 19.1. The second-order valence-corrected chi connectivity index (χ2v) is 7.17. The number of unbranched alkanes of at least 4 members (excludes halogenated alkanes) is 1. The van der Waals surface area contributed by atoms with Crippen LogP contribution in [0.3, 0.4) is 0 Å². The van der Waals surface area contributed by atoms with E-state index in [2.05, 4.69) is 16.0 Å². The highest BCUT2D eigenvalue weighted by molar-refractivity contribution is 6.10. The van der Waals surface area contributed by atoms with E-state index in [4.69, 9.17) is 0 Å². The number of benzene rings is 1. The standard InChI is InChI=1S/C20H27FN4O4/c1-4-6-11-20(14-7-9-15(21)10-8-14)17(27)25(19(29)24-20)12-16(26)23-18(28)22-13(3)5-2/h7-10,13H,4-6,11-12H2,1-3H3,(H,24,29)(H2,22,23,26,28)/t13-,20-/m0/s1. The molecule has 1 saturated heterocycles. The molecule has 2 atom stereocenters. The van der Waals surface area contributed by atoms with Gasteiger partial charge in [0.1, 0.15) is 17.9 Å². The molecule has 1 fully saturated rings. The smallest absolute Gasteiger partial charge is 0.325 e. The Morgan fingerprint density at radius 2 is 1.86 bits per heavy atom. The quantitative estimate of drug-likeness (QED) is 0.576. The lowest BCUT2D eigenvalue weighted by Gasteiger charge is -2.27. The minimum absolute atomic E-state index is 0.125. The fourth-order valence-electron chi connectivity index (χ4n) is 3.13. The highest BCUT2D eigenvalue weighted by Crippen LogP contribution is 2.34. The Kier molecular flexibility index (Phi) is 7.30. The molecule has 3 N–H and O–H groups in total. The summed E-state index contributed by atoms with van der Waals surface area (Å²) in [6.45, 7) is 5.02. The largest absolute Gasteiger partial charge is 0.335 e. The Morgan fingerprint density at radius 3 is 2.45 bits per heavy atom. The van der Waals surface area contributed by atoms with Crippen molar-refractivity contribution >= 4 is 23.9 Å². The van der Waals surface area contributed by atoms with E-state index in [-0.39, 0.29) is 6.04 Å². The number of halogens is 1. The van der Waals surface area contributed by atoms with Crippen molar-refractivity contribution in [2.24, 2.45) is 0 Å². The van der Waals surface area contributed by atoms with Gasteiger partial charge in [-0.15, -0.1) is 0 Å². The molecule has 8 nitrogen and oxygen atoms in total. The summed E-state index contributed by atoms with van der Waals surface area (Å²) >= 11 is 0. The van der Waals surface area contributed by atoms with Crippen LogP contribution in [0.25, 0.3) is 0 Å².